The number of pyridine rings is 1. The second-order valence-corrected chi connectivity index (χ2v) is 4.67. The summed E-state index contributed by atoms with van der Waals surface area (Å²) in [5.74, 6) is -0.889. The molecule has 0 bridgehead atoms. The van der Waals surface area contributed by atoms with Crippen molar-refractivity contribution in [1.82, 2.24) is 4.98 Å². The van der Waals surface area contributed by atoms with Gasteiger partial charge in [0.15, 0.2) is 0 Å². The Morgan fingerprint density at radius 3 is 2.84 bits per heavy atom. The lowest BCUT2D eigenvalue weighted by molar-refractivity contribution is 0.102. The van der Waals surface area contributed by atoms with Crippen molar-refractivity contribution in [3.8, 4) is 0 Å². The van der Waals surface area contributed by atoms with Crippen LogP contribution >= 0.6 is 15.9 Å². The fourth-order valence-corrected chi connectivity index (χ4v) is 1.94. The molecule has 0 aliphatic heterocycles. The number of carbonyl (C=O) groups excluding carboxylic acids is 1. The number of hydrogen-bond acceptors (Lipinski definition) is 3. The molecule has 0 unspecified atom stereocenters. The van der Waals surface area contributed by atoms with E-state index in [1.54, 1.807) is 19.2 Å². The molecule has 0 fully saturated rings. The number of amides is 1. The summed E-state index contributed by atoms with van der Waals surface area (Å²) in [5, 5.41) is 5.39. The van der Waals surface area contributed by atoms with Crippen molar-refractivity contribution in [2.75, 3.05) is 17.7 Å². The van der Waals surface area contributed by atoms with Crippen molar-refractivity contribution in [3.05, 3.63) is 52.5 Å². The Kier molecular flexibility index (Phi) is 4.11. The van der Waals surface area contributed by atoms with Gasteiger partial charge in [0.05, 0.1) is 23.1 Å². The first-order valence-corrected chi connectivity index (χ1v) is 6.29. The number of benzene rings is 1. The van der Waals surface area contributed by atoms with Gasteiger partial charge in [0.1, 0.15) is 5.82 Å². The Bertz CT molecular complexity index is 619. The number of nitrogens with zero attached hydrogens (tertiary/aromatic N) is 1. The van der Waals surface area contributed by atoms with Gasteiger partial charge in [-0.3, -0.25) is 9.78 Å². The van der Waals surface area contributed by atoms with Crippen LogP contribution in [0.15, 0.2) is 41.1 Å². The Labute approximate surface area is 118 Å². The van der Waals surface area contributed by atoms with Crippen molar-refractivity contribution in [3.63, 3.8) is 0 Å². The molecule has 19 heavy (non-hydrogen) atoms. The van der Waals surface area contributed by atoms with Gasteiger partial charge in [-0.25, -0.2) is 4.39 Å². The molecule has 6 heteroatoms. The molecular weight excluding hydrogens is 313 g/mol. The lowest BCUT2D eigenvalue weighted by Crippen LogP contribution is -2.15. The van der Waals surface area contributed by atoms with Gasteiger partial charge in [0.25, 0.3) is 5.91 Å². The van der Waals surface area contributed by atoms with Gasteiger partial charge in [0, 0.05) is 17.7 Å². The molecular formula is C13H11BrFN3O. The van der Waals surface area contributed by atoms with Gasteiger partial charge in [-0.15, -0.1) is 0 Å². The minimum absolute atomic E-state index is 0.123. The molecule has 0 radical (unpaired) electrons. The minimum atomic E-state index is -0.489. The SMILES string of the molecule is CNc1cnccc1C(=O)Nc1cc(Br)ccc1F. The van der Waals surface area contributed by atoms with Gasteiger partial charge < -0.3 is 10.6 Å². The molecule has 1 amide bonds. The maximum Gasteiger partial charge on any atom is 0.257 e. The summed E-state index contributed by atoms with van der Waals surface area (Å²) in [4.78, 5) is 16.0. The second-order valence-electron chi connectivity index (χ2n) is 3.75. The van der Waals surface area contributed by atoms with Crippen molar-refractivity contribution in [2.24, 2.45) is 0 Å². The average molecular weight is 324 g/mol. The van der Waals surface area contributed by atoms with Gasteiger partial charge in [-0.2, -0.15) is 0 Å². The standard InChI is InChI=1S/C13H11BrFN3O/c1-16-12-7-17-5-4-9(12)13(19)18-11-6-8(14)2-3-10(11)15/h2-7,16H,1H3,(H,18,19). The van der Waals surface area contributed by atoms with Crippen molar-refractivity contribution in [1.29, 1.82) is 0 Å². The summed E-state index contributed by atoms with van der Waals surface area (Å²) in [6.07, 6.45) is 3.04. The van der Waals surface area contributed by atoms with Crippen LogP contribution in [0.2, 0.25) is 0 Å². The number of halogens is 2. The van der Waals surface area contributed by atoms with Crippen LogP contribution in [0.5, 0.6) is 0 Å². The van der Waals surface area contributed by atoms with E-state index in [2.05, 4.69) is 31.5 Å². The highest BCUT2D eigenvalue weighted by molar-refractivity contribution is 9.10. The molecule has 0 spiro atoms. The maximum absolute atomic E-state index is 13.6. The van der Waals surface area contributed by atoms with E-state index in [1.165, 1.54) is 24.5 Å². The highest BCUT2D eigenvalue weighted by atomic mass is 79.9. The molecule has 1 aromatic heterocycles. The summed E-state index contributed by atoms with van der Waals surface area (Å²) in [6, 6.07) is 5.92. The predicted octanol–water partition coefficient (Wildman–Crippen LogP) is 3.28. The molecule has 0 aliphatic rings. The summed E-state index contributed by atoms with van der Waals surface area (Å²) in [7, 11) is 1.69. The third-order valence-corrected chi connectivity index (χ3v) is 3.00. The fraction of sp³-hybridized carbons (Fsp3) is 0.0769. The number of carbonyl (C=O) groups is 1. The van der Waals surface area contributed by atoms with E-state index in [0.29, 0.717) is 15.7 Å². The van der Waals surface area contributed by atoms with Crippen LogP contribution in [0.25, 0.3) is 0 Å². The lowest BCUT2D eigenvalue weighted by atomic mass is 10.2. The average Bonchev–Trinajstić information content (AvgIpc) is 2.42. The van der Waals surface area contributed by atoms with Crippen LogP contribution in [0.4, 0.5) is 15.8 Å². The van der Waals surface area contributed by atoms with Crippen LogP contribution < -0.4 is 10.6 Å². The van der Waals surface area contributed by atoms with Crippen molar-refractivity contribution >= 4 is 33.2 Å². The molecule has 2 rings (SSSR count). The van der Waals surface area contributed by atoms with Crippen molar-refractivity contribution in [2.45, 2.75) is 0 Å². The van der Waals surface area contributed by atoms with Crippen molar-refractivity contribution < 1.29 is 9.18 Å². The summed E-state index contributed by atoms with van der Waals surface area (Å²) in [6.45, 7) is 0. The van der Waals surface area contributed by atoms with Gasteiger partial charge in [-0.1, -0.05) is 15.9 Å². The van der Waals surface area contributed by atoms with E-state index in [9.17, 15) is 9.18 Å². The Morgan fingerprint density at radius 2 is 2.11 bits per heavy atom. The smallest absolute Gasteiger partial charge is 0.257 e. The fourth-order valence-electron chi connectivity index (χ4n) is 1.57. The van der Waals surface area contributed by atoms with Gasteiger partial charge in [0.2, 0.25) is 0 Å². The zero-order chi connectivity index (χ0) is 13.8. The maximum atomic E-state index is 13.6. The third-order valence-electron chi connectivity index (χ3n) is 2.51. The number of hydrogen-bond donors (Lipinski definition) is 2. The number of aromatic nitrogens is 1. The number of anilines is 2. The number of rotatable bonds is 3. The first kappa shape index (κ1) is 13.5. The molecule has 2 N–H and O–H groups in total. The van der Waals surface area contributed by atoms with Crippen LogP contribution in [-0.4, -0.2) is 17.9 Å². The Hall–Kier alpha value is -1.95. The molecule has 2 aromatic rings. The van der Waals surface area contributed by atoms with Crippen LogP contribution in [0, 0.1) is 5.82 Å². The van der Waals surface area contributed by atoms with Crippen LogP contribution in [-0.2, 0) is 0 Å². The van der Waals surface area contributed by atoms with E-state index in [-0.39, 0.29) is 5.69 Å². The second kappa shape index (κ2) is 5.79. The first-order chi connectivity index (χ1) is 9.11. The molecule has 0 saturated carbocycles. The topological polar surface area (TPSA) is 54.0 Å². The van der Waals surface area contributed by atoms with E-state index >= 15 is 0 Å². The van der Waals surface area contributed by atoms with E-state index < -0.39 is 11.7 Å². The highest BCUT2D eigenvalue weighted by Crippen LogP contribution is 2.22. The third kappa shape index (κ3) is 3.08. The summed E-state index contributed by atoms with van der Waals surface area (Å²) in [5.41, 5.74) is 1.10. The van der Waals surface area contributed by atoms with E-state index in [0.717, 1.165) is 0 Å². The van der Waals surface area contributed by atoms with Gasteiger partial charge >= 0.3 is 0 Å². The zero-order valence-electron chi connectivity index (χ0n) is 10.1. The highest BCUT2D eigenvalue weighted by Gasteiger charge is 2.13. The summed E-state index contributed by atoms with van der Waals surface area (Å²) < 4.78 is 14.3. The van der Waals surface area contributed by atoms with E-state index in [1.807, 2.05) is 0 Å². The molecule has 0 atom stereocenters. The van der Waals surface area contributed by atoms with Crippen LogP contribution in [0.3, 0.4) is 0 Å². The minimum Gasteiger partial charge on any atom is -0.386 e. The van der Waals surface area contributed by atoms with Crippen LogP contribution in [0.1, 0.15) is 10.4 Å². The summed E-state index contributed by atoms with van der Waals surface area (Å²) >= 11 is 3.23. The monoisotopic (exact) mass is 323 g/mol. The molecule has 1 aromatic carbocycles. The normalized spacial score (nSPS) is 10.1. The molecule has 0 saturated heterocycles. The Morgan fingerprint density at radius 1 is 1.32 bits per heavy atom. The predicted molar refractivity (Wildman–Crippen MR) is 75.8 cm³/mol. The lowest BCUT2D eigenvalue weighted by Gasteiger charge is -2.10. The first-order valence-electron chi connectivity index (χ1n) is 5.50. The quantitative estimate of drug-likeness (QED) is 0.911. The number of nitrogens with one attached hydrogen (secondary N) is 2. The molecule has 0 aliphatic carbocycles. The van der Waals surface area contributed by atoms with Gasteiger partial charge in [-0.05, 0) is 24.3 Å². The largest absolute Gasteiger partial charge is 0.386 e. The molecule has 1 heterocycles. The molecule has 98 valence electrons. The Balaban J connectivity index is 2.28. The zero-order valence-corrected chi connectivity index (χ0v) is 11.7. The molecule has 4 nitrogen and oxygen atoms in total. The van der Waals surface area contributed by atoms with E-state index in [4.69, 9.17) is 0 Å².